The summed E-state index contributed by atoms with van der Waals surface area (Å²) in [6, 6.07) is 8.66. The molecule has 0 aliphatic carbocycles. The summed E-state index contributed by atoms with van der Waals surface area (Å²) in [5, 5.41) is 0.0178. The first-order valence-corrected chi connectivity index (χ1v) is 6.79. The van der Waals surface area contributed by atoms with E-state index in [0.717, 1.165) is 0 Å². The molecule has 0 aliphatic rings. The van der Waals surface area contributed by atoms with Crippen molar-refractivity contribution in [3.8, 4) is 0 Å². The Kier molecular flexibility index (Phi) is 4.55. The summed E-state index contributed by atoms with van der Waals surface area (Å²) in [6.07, 6.45) is 0.321. The van der Waals surface area contributed by atoms with Gasteiger partial charge in [-0.15, -0.1) is 0 Å². The lowest BCUT2D eigenvalue weighted by molar-refractivity contribution is 0.591. The molecule has 0 aromatic heterocycles. The van der Waals surface area contributed by atoms with Crippen molar-refractivity contribution in [2.24, 2.45) is 5.73 Å². The van der Waals surface area contributed by atoms with Gasteiger partial charge >= 0.3 is 0 Å². The minimum absolute atomic E-state index is 0.0178. The van der Waals surface area contributed by atoms with Crippen LogP contribution < -0.4 is 5.73 Å². The van der Waals surface area contributed by atoms with Crippen LogP contribution in [0.2, 0.25) is 5.02 Å². The fourth-order valence-electron chi connectivity index (χ4n) is 1.79. The highest BCUT2D eigenvalue weighted by Gasteiger charge is 2.12. The Morgan fingerprint density at radius 3 is 2.47 bits per heavy atom. The van der Waals surface area contributed by atoms with Crippen LogP contribution in [0.4, 0.5) is 8.78 Å². The molecule has 1 nitrogen and oxygen atoms in total. The van der Waals surface area contributed by atoms with E-state index in [1.165, 1.54) is 18.2 Å². The zero-order chi connectivity index (χ0) is 14.0. The third kappa shape index (κ3) is 3.53. The highest BCUT2D eigenvalue weighted by Crippen LogP contribution is 2.24. The molecule has 0 amide bonds. The summed E-state index contributed by atoms with van der Waals surface area (Å²) < 4.78 is 27.4. The third-order valence-electron chi connectivity index (χ3n) is 2.83. The van der Waals surface area contributed by atoms with Crippen LogP contribution in [0.1, 0.15) is 17.2 Å². The smallest absolute Gasteiger partial charge is 0.141 e. The first-order valence-electron chi connectivity index (χ1n) is 5.62. The van der Waals surface area contributed by atoms with E-state index in [4.69, 9.17) is 17.3 Å². The first kappa shape index (κ1) is 14.4. The van der Waals surface area contributed by atoms with Gasteiger partial charge in [0.1, 0.15) is 11.6 Å². The van der Waals surface area contributed by atoms with Gasteiger partial charge in [0.25, 0.3) is 0 Å². The van der Waals surface area contributed by atoms with Crippen LogP contribution in [0.25, 0.3) is 0 Å². The predicted octanol–water partition coefficient (Wildman–Crippen LogP) is 4.62. The van der Waals surface area contributed by atoms with Crippen molar-refractivity contribution in [1.82, 2.24) is 0 Å². The van der Waals surface area contributed by atoms with Gasteiger partial charge in [0, 0.05) is 10.5 Å². The predicted molar refractivity (Wildman–Crippen MR) is 76.1 cm³/mol. The normalized spacial score (nSPS) is 12.5. The number of hydrogen-bond acceptors (Lipinski definition) is 1. The molecule has 0 bridgehead atoms. The molecule has 19 heavy (non-hydrogen) atoms. The van der Waals surface area contributed by atoms with E-state index in [-0.39, 0.29) is 10.8 Å². The van der Waals surface area contributed by atoms with Crippen molar-refractivity contribution in [2.75, 3.05) is 0 Å². The van der Waals surface area contributed by atoms with Gasteiger partial charge in [-0.1, -0.05) is 39.7 Å². The maximum atomic E-state index is 13.7. The fourth-order valence-corrected chi connectivity index (χ4v) is 2.31. The van der Waals surface area contributed by atoms with Gasteiger partial charge in [-0.2, -0.15) is 0 Å². The average Bonchev–Trinajstić information content (AvgIpc) is 2.36. The first-order chi connectivity index (χ1) is 8.97. The summed E-state index contributed by atoms with van der Waals surface area (Å²) in [5.41, 5.74) is 7.18. The molecule has 2 aromatic rings. The molecule has 0 saturated heterocycles. The number of hydrogen-bond donors (Lipinski definition) is 1. The molecule has 1 unspecified atom stereocenters. The maximum absolute atomic E-state index is 13.7. The van der Waals surface area contributed by atoms with E-state index < -0.39 is 11.9 Å². The van der Waals surface area contributed by atoms with E-state index in [2.05, 4.69) is 15.9 Å². The van der Waals surface area contributed by atoms with E-state index in [9.17, 15) is 8.78 Å². The van der Waals surface area contributed by atoms with Crippen LogP contribution in [0.15, 0.2) is 40.9 Å². The Balaban J connectivity index is 2.20. The van der Waals surface area contributed by atoms with Gasteiger partial charge in [0.2, 0.25) is 0 Å². The van der Waals surface area contributed by atoms with E-state index in [1.807, 2.05) is 0 Å². The Bertz CT molecular complexity index is 604. The zero-order valence-corrected chi connectivity index (χ0v) is 12.2. The van der Waals surface area contributed by atoms with Crippen molar-refractivity contribution in [3.05, 3.63) is 68.7 Å². The number of rotatable bonds is 3. The monoisotopic (exact) mass is 345 g/mol. The molecule has 0 radical (unpaired) electrons. The molecule has 0 aliphatic heterocycles. The number of benzene rings is 2. The lowest BCUT2D eigenvalue weighted by Crippen LogP contribution is -2.14. The molecule has 0 heterocycles. The van der Waals surface area contributed by atoms with Crippen molar-refractivity contribution in [2.45, 2.75) is 12.5 Å². The van der Waals surface area contributed by atoms with Crippen molar-refractivity contribution >= 4 is 27.5 Å². The van der Waals surface area contributed by atoms with Crippen LogP contribution >= 0.6 is 27.5 Å². The highest BCUT2D eigenvalue weighted by atomic mass is 79.9. The Hall–Kier alpha value is -0.970. The second-order valence-electron chi connectivity index (χ2n) is 4.22. The lowest BCUT2D eigenvalue weighted by Gasteiger charge is -2.13. The molecule has 2 N–H and O–H groups in total. The Labute approximate surface area is 123 Å². The Morgan fingerprint density at radius 2 is 1.84 bits per heavy atom. The van der Waals surface area contributed by atoms with Crippen molar-refractivity contribution in [3.63, 3.8) is 0 Å². The van der Waals surface area contributed by atoms with Gasteiger partial charge in [0.05, 0.1) is 5.02 Å². The minimum atomic E-state index is -0.493. The Morgan fingerprint density at radius 1 is 1.11 bits per heavy atom. The molecule has 0 spiro atoms. The summed E-state index contributed by atoms with van der Waals surface area (Å²) in [7, 11) is 0. The third-order valence-corrected chi connectivity index (χ3v) is 3.61. The van der Waals surface area contributed by atoms with Gasteiger partial charge in [-0.25, -0.2) is 8.78 Å². The van der Waals surface area contributed by atoms with E-state index in [0.29, 0.717) is 22.0 Å². The van der Waals surface area contributed by atoms with Crippen LogP contribution in [0, 0.1) is 11.6 Å². The van der Waals surface area contributed by atoms with Crippen LogP contribution in [0.3, 0.4) is 0 Å². The van der Waals surface area contributed by atoms with Crippen LogP contribution in [-0.4, -0.2) is 0 Å². The molecule has 2 aromatic carbocycles. The number of halogens is 4. The number of nitrogens with two attached hydrogens (primary N) is 1. The topological polar surface area (TPSA) is 26.0 Å². The SMILES string of the molecule is NC(Cc1ccc(Br)cc1F)c1ccc(F)c(Cl)c1. The second kappa shape index (κ2) is 5.99. The minimum Gasteiger partial charge on any atom is -0.324 e. The average molecular weight is 347 g/mol. The molecular formula is C14H11BrClF2N. The molecule has 0 saturated carbocycles. The molecule has 1 atom stereocenters. The lowest BCUT2D eigenvalue weighted by atomic mass is 9.99. The largest absolute Gasteiger partial charge is 0.324 e. The molecule has 5 heteroatoms. The van der Waals surface area contributed by atoms with E-state index >= 15 is 0 Å². The van der Waals surface area contributed by atoms with Gasteiger partial charge in [-0.3, -0.25) is 0 Å². The molecule has 2 rings (SSSR count). The summed E-state index contributed by atoms with van der Waals surface area (Å²) in [4.78, 5) is 0. The quantitative estimate of drug-likeness (QED) is 0.862. The second-order valence-corrected chi connectivity index (χ2v) is 5.54. The summed E-state index contributed by atoms with van der Waals surface area (Å²) >= 11 is 8.90. The molecule has 100 valence electrons. The van der Waals surface area contributed by atoms with Crippen LogP contribution in [0.5, 0.6) is 0 Å². The van der Waals surface area contributed by atoms with Crippen LogP contribution in [-0.2, 0) is 6.42 Å². The molecular weight excluding hydrogens is 336 g/mol. The fraction of sp³-hybridized carbons (Fsp3) is 0.143. The van der Waals surface area contributed by atoms with Gasteiger partial charge < -0.3 is 5.73 Å². The maximum Gasteiger partial charge on any atom is 0.141 e. The van der Waals surface area contributed by atoms with Crippen molar-refractivity contribution in [1.29, 1.82) is 0 Å². The summed E-state index contributed by atoms with van der Waals surface area (Å²) in [5.74, 6) is -0.814. The molecule has 0 fully saturated rings. The van der Waals surface area contributed by atoms with E-state index in [1.54, 1.807) is 18.2 Å². The summed E-state index contributed by atoms with van der Waals surface area (Å²) in [6.45, 7) is 0. The van der Waals surface area contributed by atoms with Gasteiger partial charge in [-0.05, 0) is 41.8 Å². The standard InChI is InChI=1S/C14H11BrClF2N/c15-10-3-1-8(13(18)7-10)6-14(19)9-2-4-12(17)11(16)5-9/h1-5,7,14H,6,19H2. The van der Waals surface area contributed by atoms with Gasteiger partial charge in [0.15, 0.2) is 0 Å². The van der Waals surface area contributed by atoms with Crippen molar-refractivity contribution < 1.29 is 8.78 Å². The zero-order valence-electron chi connectivity index (χ0n) is 9.84. The highest BCUT2D eigenvalue weighted by molar-refractivity contribution is 9.10.